The molecule has 1 unspecified atom stereocenters. The Labute approximate surface area is 192 Å². The lowest BCUT2D eigenvalue weighted by Crippen LogP contribution is -2.41. The minimum absolute atomic E-state index is 0.0820. The normalized spacial score (nSPS) is 16.3. The van der Waals surface area contributed by atoms with Crippen molar-refractivity contribution in [1.29, 1.82) is 0 Å². The molecule has 34 heavy (non-hydrogen) atoms. The lowest BCUT2D eigenvalue weighted by Gasteiger charge is -2.31. The molecule has 1 fully saturated rings. The Morgan fingerprint density at radius 1 is 1.15 bits per heavy atom. The lowest BCUT2D eigenvalue weighted by atomic mass is 9.98. The summed E-state index contributed by atoms with van der Waals surface area (Å²) in [5, 5.41) is 8.22. The van der Waals surface area contributed by atoms with E-state index in [1.54, 1.807) is 17.0 Å². The van der Waals surface area contributed by atoms with Gasteiger partial charge in [0.1, 0.15) is 12.4 Å². The van der Waals surface area contributed by atoms with Crippen LogP contribution in [0.5, 0.6) is 0 Å². The topological polar surface area (TPSA) is 121 Å². The molecule has 1 amide bonds. The number of nitrogens with zero attached hydrogens (tertiary/aromatic N) is 7. The predicted molar refractivity (Wildman–Crippen MR) is 118 cm³/mol. The third-order valence-electron chi connectivity index (χ3n) is 6.18. The maximum Gasteiger partial charge on any atom is 0.332 e. The van der Waals surface area contributed by atoms with Crippen molar-refractivity contribution in [3.63, 3.8) is 0 Å². The molecule has 3 aromatic heterocycles. The number of aromatic nitrogens is 6. The van der Waals surface area contributed by atoms with E-state index in [1.165, 1.54) is 41.7 Å². The number of aryl methyl sites for hydroxylation is 1. The standard InChI is InChI=1S/C22H22FN7O4/c1-27-18-17(21(32)28(2)22(27)33)30(12-24-18)11-16(31)29-9-3-4-14(10-29)20-26-25-19(34-20)13-5-7-15(23)8-6-13/h5-8,12,14H,3-4,9-11H2,1-2H3. The molecule has 1 aromatic carbocycles. The average molecular weight is 467 g/mol. The highest BCUT2D eigenvalue weighted by Gasteiger charge is 2.29. The van der Waals surface area contributed by atoms with Gasteiger partial charge in [-0.25, -0.2) is 14.2 Å². The van der Waals surface area contributed by atoms with E-state index in [0.717, 1.165) is 17.4 Å². The van der Waals surface area contributed by atoms with Gasteiger partial charge in [0, 0.05) is 32.7 Å². The Morgan fingerprint density at radius 2 is 1.91 bits per heavy atom. The summed E-state index contributed by atoms with van der Waals surface area (Å²) in [6.07, 6.45) is 2.94. The first-order chi connectivity index (χ1) is 16.3. The summed E-state index contributed by atoms with van der Waals surface area (Å²) in [4.78, 5) is 43.7. The summed E-state index contributed by atoms with van der Waals surface area (Å²) in [5.74, 6) is 0.0556. The van der Waals surface area contributed by atoms with E-state index in [0.29, 0.717) is 30.4 Å². The van der Waals surface area contributed by atoms with Crippen LogP contribution in [0.3, 0.4) is 0 Å². The van der Waals surface area contributed by atoms with Crippen LogP contribution in [-0.2, 0) is 25.4 Å². The molecule has 12 heteroatoms. The van der Waals surface area contributed by atoms with Crippen LogP contribution in [0, 0.1) is 5.82 Å². The fourth-order valence-corrected chi connectivity index (χ4v) is 4.28. The smallest absolute Gasteiger partial charge is 0.332 e. The van der Waals surface area contributed by atoms with Gasteiger partial charge in [0.25, 0.3) is 5.56 Å². The number of fused-ring (bicyclic) bond motifs is 1. The zero-order valence-corrected chi connectivity index (χ0v) is 18.6. The number of likely N-dealkylation sites (tertiary alicyclic amines) is 1. The van der Waals surface area contributed by atoms with Gasteiger partial charge in [-0.2, -0.15) is 0 Å². The number of piperidine rings is 1. The van der Waals surface area contributed by atoms with Crippen LogP contribution in [0.1, 0.15) is 24.7 Å². The number of imidazole rings is 1. The van der Waals surface area contributed by atoms with E-state index < -0.39 is 11.2 Å². The average Bonchev–Trinajstić information content (AvgIpc) is 3.50. The molecule has 0 radical (unpaired) electrons. The van der Waals surface area contributed by atoms with Crippen LogP contribution in [0.15, 0.2) is 44.6 Å². The first-order valence-corrected chi connectivity index (χ1v) is 10.8. The summed E-state index contributed by atoms with van der Waals surface area (Å²) in [6, 6.07) is 5.79. The fourth-order valence-electron chi connectivity index (χ4n) is 4.28. The highest BCUT2D eigenvalue weighted by Crippen LogP contribution is 2.28. The van der Waals surface area contributed by atoms with Gasteiger partial charge in [-0.1, -0.05) is 0 Å². The fraction of sp³-hybridized carbons (Fsp3) is 0.364. The number of halogens is 1. The third-order valence-corrected chi connectivity index (χ3v) is 6.18. The molecule has 1 aliphatic rings. The second-order valence-electron chi connectivity index (χ2n) is 8.38. The largest absolute Gasteiger partial charge is 0.420 e. The van der Waals surface area contributed by atoms with Gasteiger partial charge in [-0.15, -0.1) is 10.2 Å². The molecular weight excluding hydrogens is 445 g/mol. The third kappa shape index (κ3) is 3.70. The van der Waals surface area contributed by atoms with E-state index >= 15 is 0 Å². The number of hydrogen-bond acceptors (Lipinski definition) is 7. The maximum atomic E-state index is 13.2. The van der Waals surface area contributed by atoms with E-state index in [-0.39, 0.29) is 35.4 Å². The SMILES string of the molecule is Cn1c(=O)c2c(ncn2CC(=O)N2CCCC(c3nnc(-c4ccc(F)cc4)o3)C2)n(C)c1=O. The van der Waals surface area contributed by atoms with Crippen molar-refractivity contribution < 1.29 is 13.6 Å². The van der Waals surface area contributed by atoms with Crippen molar-refractivity contribution in [1.82, 2.24) is 33.8 Å². The zero-order valence-electron chi connectivity index (χ0n) is 18.6. The monoisotopic (exact) mass is 467 g/mol. The van der Waals surface area contributed by atoms with Crippen LogP contribution in [-0.4, -0.2) is 52.8 Å². The first-order valence-electron chi connectivity index (χ1n) is 10.8. The van der Waals surface area contributed by atoms with Crippen molar-refractivity contribution in [3.05, 3.63) is 63.1 Å². The summed E-state index contributed by atoms with van der Waals surface area (Å²) in [6.45, 7) is 0.881. The maximum absolute atomic E-state index is 13.2. The Bertz CT molecular complexity index is 1500. The second kappa shape index (κ2) is 8.36. The second-order valence-corrected chi connectivity index (χ2v) is 8.38. The van der Waals surface area contributed by atoms with Crippen LogP contribution in [0.4, 0.5) is 4.39 Å². The molecule has 5 rings (SSSR count). The number of benzene rings is 1. The van der Waals surface area contributed by atoms with Gasteiger partial charge in [-0.3, -0.25) is 18.7 Å². The van der Waals surface area contributed by atoms with Gasteiger partial charge in [0.05, 0.1) is 12.2 Å². The lowest BCUT2D eigenvalue weighted by molar-refractivity contribution is -0.133. The molecular formula is C22H22FN7O4. The Morgan fingerprint density at radius 3 is 2.68 bits per heavy atom. The molecule has 0 N–H and O–H groups in total. The molecule has 1 atom stereocenters. The van der Waals surface area contributed by atoms with E-state index in [2.05, 4.69) is 15.2 Å². The quantitative estimate of drug-likeness (QED) is 0.439. The predicted octanol–water partition coefficient (Wildman–Crippen LogP) is 1.03. The molecule has 1 saturated heterocycles. The summed E-state index contributed by atoms with van der Waals surface area (Å²) in [5.41, 5.74) is 0.0717. The number of carbonyl (C=O) groups is 1. The molecule has 0 saturated carbocycles. The minimum atomic E-state index is -0.501. The molecule has 11 nitrogen and oxygen atoms in total. The van der Waals surface area contributed by atoms with Gasteiger partial charge in [0.15, 0.2) is 11.2 Å². The van der Waals surface area contributed by atoms with Crippen molar-refractivity contribution in [3.8, 4) is 11.5 Å². The van der Waals surface area contributed by atoms with E-state index in [1.807, 2.05) is 0 Å². The van der Waals surface area contributed by atoms with Crippen molar-refractivity contribution >= 4 is 17.1 Å². The molecule has 0 spiro atoms. The molecule has 0 aliphatic carbocycles. The van der Waals surface area contributed by atoms with Crippen LogP contribution >= 0.6 is 0 Å². The van der Waals surface area contributed by atoms with Gasteiger partial charge in [0.2, 0.25) is 17.7 Å². The highest BCUT2D eigenvalue weighted by atomic mass is 19.1. The first kappa shape index (κ1) is 21.7. The van der Waals surface area contributed by atoms with Gasteiger partial charge >= 0.3 is 5.69 Å². The Balaban J connectivity index is 1.34. The summed E-state index contributed by atoms with van der Waals surface area (Å²) >= 11 is 0. The molecule has 1 aliphatic heterocycles. The summed E-state index contributed by atoms with van der Waals surface area (Å²) in [7, 11) is 2.92. The molecule has 4 heterocycles. The van der Waals surface area contributed by atoms with E-state index in [9.17, 15) is 18.8 Å². The van der Waals surface area contributed by atoms with Crippen molar-refractivity contribution in [2.75, 3.05) is 13.1 Å². The molecule has 0 bridgehead atoms. The van der Waals surface area contributed by atoms with Crippen LogP contribution in [0.25, 0.3) is 22.6 Å². The van der Waals surface area contributed by atoms with Crippen LogP contribution in [0.2, 0.25) is 0 Å². The van der Waals surface area contributed by atoms with Gasteiger partial charge in [-0.05, 0) is 37.1 Å². The number of hydrogen-bond donors (Lipinski definition) is 0. The number of carbonyl (C=O) groups excluding carboxylic acids is 1. The highest BCUT2D eigenvalue weighted by molar-refractivity contribution is 5.79. The molecule has 176 valence electrons. The Hall–Kier alpha value is -4.09. The van der Waals surface area contributed by atoms with E-state index in [4.69, 9.17) is 4.42 Å². The number of amides is 1. The zero-order chi connectivity index (χ0) is 24.0. The number of rotatable bonds is 4. The Kier molecular flexibility index (Phi) is 5.34. The molecule has 4 aromatic rings. The van der Waals surface area contributed by atoms with Crippen molar-refractivity contribution in [2.24, 2.45) is 14.1 Å². The van der Waals surface area contributed by atoms with Gasteiger partial charge < -0.3 is 13.9 Å². The minimum Gasteiger partial charge on any atom is -0.420 e. The van der Waals surface area contributed by atoms with Crippen LogP contribution < -0.4 is 11.2 Å². The summed E-state index contributed by atoms with van der Waals surface area (Å²) < 4.78 is 22.7. The van der Waals surface area contributed by atoms with Crippen molar-refractivity contribution in [2.45, 2.75) is 25.3 Å².